The first-order valence-electron chi connectivity index (χ1n) is 8.09. The van der Waals surface area contributed by atoms with Gasteiger partial charge in [0.15, 0.2) is 5.96 Å². The summed E-state index contributed by atoms with van der Waals surface area (Å²) in [4.78, 5) is 4.30. The van der Waals surface area contributed by atoms with E-state index in [0.717, 1.165) is 50.1 Å². The number of hydrogen-bond donors (Lipinski definition) is 2. The third kappa shape index (κ3) is 3.72. The van der Waals surface area contributed by atoms with Crippen LogP contribution in [0.5, 0.6) is 0 Å². The van der Waals surface area contributed by atoms with Crippen LogP contribution in [0.25, 0.3) is 0 Å². The lowest BCUT2D eigenvalue weighted by molar-refractivity contribution is 0.358. The molecular formula is C16H25N7. The van der Waals surface area contributed by atoms with E-state index in [4.69, 9.17) is 0 Å². The zero-order valence-corrected chi connectivity index (χ0v) is 14.1. The molecule has 0 bridgehead atoms. The molecular weight excluding hydrogens is 290 g/mol. The Labute approximate surface area is 136 Å². The molecule has 7 heteroatoms. The number of aliphatic imine (C=N–C) groups is 1. The van der Waals surface area contributed by atoms with E-state index in [1.54, 1.807) is 0 Å². The molecule has 0 aliphatic carbocycles. The van der Waals surface area contributed by atoms with Crippen LogP contribution in [0.2, 0.25) is 0 Å². The lowest BCUT2D eigenvalue weighted by atomic mass is 9.99. The minimum Gasteiger partial charge on any atom is -0.357 e. The largest absolute Gasteiger partial charge is 0.357 e. The predicted molar refractivity (Wildman–Crippen MR) is 90.2 cm³/mol. The highest BCUT2D eigenvalue weighted by Gasteiger charge is 2.21. The van der Waals surface area contributed by atoms with Gasteiger partial charge in [-0.1, -0.05) is 0 Å². The fourth-order valence-corrected chi connectivity index (χ4v) is 3.01. The van der Waals surface area contributed by atoms with E-state index in [1.165, 1.54) is 5.56 Å². The van der Waals surface area contributed by atoms with Gasteiger partial charge in [-0.3, -0.25) is 4.99 Å². The van der Waals surface area contributed by atoms with Crippen molar-refractivity contribution in [2.75, 3.05) is 13.6 Å². The van der Waals surface area contributed by atoms with Gasteiger partial charge in [0.25, 0.3) is 0 Å². The summed E-state index contributed by atoms with van der Waals surface area (Å²) in [6, 6.07) is 2.11. The zero-order chi connectivity index (χ0) is 16.2. The van der Waals surface area contributed by atoms with E-state index >= 15 is 0 Å². The van der Waals surface area contributed by atoms with Gasteiger partial charge >= 0.3 is 0 Å². The lowest BCUT2D eigenvalue weighted by Crippen LogP contribution is -2.41. The molecule has 0 saturated heterocycles. The quantitative estimate of drug-likeness (QED) is 0.648. The first kappa shape index (κ1) is 15.6. The molecule has 124 valence electrons. The topological polar surface area (TPSA) is 72.1 Å². The van der Waals surface area contributed by atoms with Crippen molar-refractivity contribution in [3.8, 4) is 0 Å². The maximum atomic E-state index is 4.30. The van der Waals surface area contributed by atoms with Crippen LogP contribution < -0.4 is 10.6 Å². The Hall–Kier alpha value is -2.31. The Balaban J connectivity index is 1.48. The first-order chi connectivity index (χ1) is 11.2. The monoisotopic (exact) mass is 315 g/mol. The molecule has 0 fully saturated rings. The van der Waals surface area contributed by atoms with Gasteiger partial charge < -0.3 is 19.8 Å². The van der Waals surface area contributed by atoms with Crippen molar-refractivity contribution >= 4 is 5.96 Å². The summed E-state index contributed by atoms with van der Waals surface area (Å²) in [5.74, 6) is 3.55. The van der Waals surface area contributed by atoms with Crippen LogP contribution in [0.4, 0.5) is 0 Å². The second kappa shape index (κ2) is 6.85. The van der Waals surface area contributed by atoms with Gasteiger partial charge in [0, 0.05) is 52.5 Å². The van der Waals surface area contributed by atoms with Crippen LogP contribution in [-0.2, 0) is 26.6 Å². The van der Waals surface area contributed by atoms with E-state index in [9.17, 15) is 0 Å². The van der Waals surface area contributed by atoms with Crippen molar-refractivity contribution in [2.45, 2.75) is 32.9 Å². The molecule has 0 amide bonds. The highest BCUT2D eigenvalue weighted by molar-refractivity contribution is 5.79. The molecule has 3 heterocycles. The predicted octanol–water partition coefficient (Wildman–Crippen LogP) is 0.853. The smallest absolute Gasteiger partial charge is 0.191 e. The van der Waals surface area contributed by atoms with Crippen molar-refractivity contribution in [1.29, 1.82) is 0 Å². The Morgan fingerprint density at radius 2 is 2.26 bits per heavy atom. The molecule has 23 heavy (non-hydrogen) atoms. The first-order valence-corrected chi connectivity index (χ1v) is 8.09. The third-order valence-corrected chi connectivity index (χ3v) is 4.36. The minimum absolute atomic E-state index is 0.576. The van der Waals surface area contributed by atoms with Crippen LogP contribution in [0, 0.1) is 12.8 Å². The maximum absolute atomic E-state index is 4.30. The molecule has 1 aliphatic heterocycles. The van der Waals surface area contributed by atoms with Crippen molar-refractivity contribution in [3.63, 3.8) is 0 Å². The standard InChI is InChI=1S/C16H25N7/c1-12-20-21-15-5-4-13(11-23(12)15)8-18-16(17-2)19-9-14-6-7-22(3)10-14/h6-7,10,13H,4-5,8-9,11H2,1-3H3,(H2,17,18,19). The number of guanidine groups is 1. The SMILES string of the molecule is CN=C(NCc1ccn(C)c1)NCC1CCc2nnc(C)n2C1. The Morgan fingerprint density at radius 1 is 1.39 bits per heavy atom. The van der Waals surface area contributed by atoms with Gasteiger partial charge in [-0.15, -0.1) is 10.2 Å². The van der Waals surface area contributed by atoms with E-state index in [1.807, 2.05) is 31.8 Å². The van der Waals surface area contributed by atoms with Crippen LogP contribution in [0.3, 0.4) is 0 Å². The fourth-order valence-electron chi connectivity index (χ4n) is 3.01. The number of fused-ring (bicyclic) bond motifs is 1. The molecule has 1 atom stereocenters. The molecule has 2 aromatic rings. The number of hydrogen-bond acceptors (Lipinski definition) is 3. The Morgan fingerprint density at radius 3 is 3.00 bits per heavy atom. The van der Waals surface area contributed by atoms with Crippen molar-refractivity contribution in [1.82, 2.24) is 30.0 Å². The number of aromatic nitrogens is 4. The summed E-state index contributed by atoms with van der Waals surface area (Å²) in [7, 11) is 3.84. The molecule has 0 radical (unpaired) electrons. The number of nitrogens with zero attached hydrogens (tertiary/aromatic N) is 5. The number of nitrogens with one attached hydrogen (secondary N) is 2. The lowest BCUT2D eigenvalue weighted by Gasteiger charge is -2.25. The van der Waals surface area contributed by atoms with Crippen LogP contribution >= 0.6 is 0 Å². The van der Waals surface area contributed by atoms with Gasteiger partial charge in [0.05, 0.1) is 0 Å². The summed E-state index contributed by atoms with van der Waals surface area (Å²) in [5, 5.41) is 15.2. The highest BCUT2D eigenvalue weighted by atomic mass is 15.3. The minimum atomic E-state index is 0.576. The number of aryl methyl sites for hydroxylation is 3. The maximum Gasteiger partial charge on any atom is 0.191 e. The van der Waals surface area contributed by atoms with E-state index in [-0.39, 0.29) is 0 Å². The van der Waals surface area contributed by atoms with Gasteiger partial charge in [-0.2, -0.15) is 0 Å². The second-order valence-electron chi connectivity index (χ2n) is 6.17. The molecule has 2 aromatic heterocycles. The molecule has 1 unspecified atom stereocenters. The molecule has 1 aliphatic rings. The van der Waals surface area contributed by atoms with Gasteiger partial charge in [-0.25, -0.2) is 0 Å². The fraction of sp³-hybridized carbons (Fsp3) is 0.562. The summed E-state index contributed by atoms with van der Waals surface area (Å²) in [6.07, 6.45) is 6.30. The molecule has 3 rings (SSSR count). The Bertz CT molecular complexity index is 682. The molecule has 7 nitrogen and oxygen atoms in total. The van der Waals surface area contributed by atoms with Gasteiger partial charge in [0.1, 0.15) is 11.6 Å². The average Bonchev–Trinajstić information content (AvgIpc) is 3.14. The van der Waals surface area contributed by atoms with Crippen LogP contribution in [0.1, 0.15) is 23.6 Å². The van der Waals surface area contributed by atoms with E-state index < -0.39 is 0 Å². The van der Waals surface area contributed by atoms with Crippen molar-refractivity contribution in [3.05, 3.63) is 35.7 Å². The van der Waals surface area contributed by atoms with E-state index in [2.05, 4.69) is 42.7 Å². The summed E-state index contributed by atoms with van der Waals surface area (Å²) >= 11 is 0. The molecule has 0 saturated carbocycles. The Kier molecular flexibility index (Phi) is 4.64. The van der Waals surface area contributed by atoms with Crippen LogP contribution in [0.15, 0.2) is 23.5 Å². The second-order valence-corrected chi connectivity index (χ2v) is 6.17. The van der Waals surface area contributed by atoms with Gasteiger partial charge in [0.2, 0.25) is 0 Å². The van der Waals surface area contributed by atoms with Crippen LogP contribution in [-0.4, -0.2) is 38.9 Å². The number of rotatable bonds is 4. The molecule has 2 N–H and O–H groups in total. The summed E-state index contributed by atoms with van der Waals surface area (Å²) in [5.41, 5.74) is 1.25. The molecule has 0 aromatic carbocycles. The normalized spacial score (nSPS) is 17.9. The third-order valence-electron chi connectivity index (χ3n) is 4.36. The summed E-state index contributed by atoms with van der Waals surface area (Å²) < 4.78 is 4.28. The van der Waals surface area contributed by atoms with Gasteiger partial charge in [-0.05, 0) is 30.9 Å². The van der Waals surface area contributed by atoms with Crippen molar-refractivity contribution in [2.24, 2.45) is 18.0 Å². The summed E-state index contributed by atoms with van der Waals surface area (Å²) in [6.45, 7) is 4.69. The molecule has 0 spiro atoms. The average molecular weight is 315 g/mol. The van der Waals surface area contributed by atoms with E-state index in [0.29, 0.717) is 5.92 Å². The highest BCUT2D eigenvalue weighted by Crippen LogP contribution is 2.19. The zero-order valence-electron chi connectivity index (χ0n) is 14.1. The van der Waals surface area contributed by atoms with Crippen molar-refractivity contribution < 1.29 is 0 Å².